The topological polar surface area (TPSA) is 108 Å². The minimum absolute atomic E-state index is 0.191. The zero-order valence-electron chi connectivity index (χ0n) is 16.6. The van der Waals surface area contributed by atoms with Gasteiger partial charge in [-0.15, -0.1) is 0 Å². The molecule has 0 saturated carbocycles. The van der Waals surface area contributed by atoms with Gasteiger partial charge < -0.3 is 10.2 Å². The molecule has 0 aliphatic carbocycles. The van der Waals surface area contributed by atoms with Crippen LogP contribution in [0, 0.1) is 0 Å². The van der Waals surface area contributed by atoms with Gasteiger partial charge in [0.15, 0.2) is 5.11 Å². The van der Waals surface area contributed by atoms with E-state index in [4.69, 9.17) is 12.2 Å². The maximum absolute atomic E-state index is 12.4. The highest BCUT2D eigenvalue weighted by Gasteiger charge is 2.23. The van der Waals surface area contributed by atoms with Gasteiger partial charge in [-0.2, -0.15) is 13.1 Å². The van der Waals surface area contributed by atoms with Gasteiger partial charge in [-0.3, -0.25) is 10.1 Å². The predicted molar refractivity (Wildman–Crippen MR) is 126 cm³/mol. The molecule has 1 saturated heterocycles. The third kappa shape index (κ3) is 5.15. The van der Waals surface area contributed by atoms with Crippen LogP contribution in [0.2, 0.25) is 0 Å². The zero-order chi connectivity index (χ0) is 22.0. The SMILES string of the molecule is CS(=O)(=O)N1CCN(c2ccc(NC(=S)NC(=O)c3ccc4nsnc4c3)cc2)CC1. The normalized spacial score (nSPS) is 15.1. The van der Waals surface area contributed by atoms with E-state index in [-0.39, 0.29) is 11.0 Å². The second kappa shape index (κ2) is 8.83. The smallest absolute Gasteiger partial charge is 0.257 e. The van der Waals surface area contributed by atoms with Crippen LogP contribution in [0.1, 0.15) is 10.4 Å². The molecule has 1 amide bonds. The molecule has 0 atom stereocenters. The standard InChI is InChI=1S/C19H20N6O3S3/c1-31(27,28)25-10-8-24(9-11-25)15-5-3-14(4-6-15)20-19(29)21-18(26)13-2-7-16-17(12-13)23-30-22-16/h2-7,12H,8-11H2,1H3,(H2,20,21,26,29). The van der Waals surface area contributed by atoms with E-state index >= 15 is 0 Å². The van der Waals surface area contributed by atoms with Gasteiger partial charge in [0, 0.05) is 43.1 Å². The van der Waals surface area contributed by atoms with Crippen molar-refractivity contribution in [2.45, 2.75) is 0 Å². The van der Waals surface area contributed by atoms with E-state index in [1.807, 2.05) is 24.3 Å². The maximum atomic E-state index is 12.4. The number of benzene rings is 2. The third-order valence-electron chi connectivity index (χ3n) is 4.94. The molecule has 0 bridgehead atoms. The summed E-state index contributed by atoms with van der Waals surface area (Å²) in [6.07, 6.45) is 1.24. The monoisotopic (exact) mass is 476 g/mol. The average molecular weight is 477 g/mol. The summed E-state index contributed by atoms with van der Waals surface area (Å²) in [6, 6.07) is 12.7. The molecule has 12 heteroatoms. The van der Waals surface area contributed by atoms with E-state index in [0.717, 1.165) is 28.6 Å². The number of carbonyl (C=O) groups excluding carboxylic acids is 1. The molecule has 2 heterocycles. The van der Waals surface area contributed by atoms with Crippen LogP contribution < -0.4 is 15.5 Å². The van der Waals surface area contributed by atoms with Crippen molar-refractivity contribution in [3.63, 3.8) is 0 Å². The fourth-order valence-electron chi connectivity index (χ4n) is 3.29. The van der Waals surface area contributed by atoms with E-state index in [9.17, 15) is 13.2 Å². The van der Waals surface area contributed by atoms with Crippen LogP contribution in [-0.2, 0) is 10.0 Å². The Bertz CT molecular complexity index is 1220. The number of sulfonamides is 1. The molecule has 1 aromatic heterocycles. The first-order valence-electron chi connectivity index (χ1n) is 9.44. The lowest BCUT2D eigenvalue weighted by molar-refractivity contribution is 0.0978. The molecule has 162 valence electrons. The molecule has 2 aromatic carbocycles. The Morgan fingerprint density at radius 3 is 2.39 bits per heavy atom. The summed E-state index contributed by atoms with van der Waals surface area (Å²) in [5, 5.41) is 5.85. The number of nitrogens with zero attached hydrogens (tertiary/aromatic N) is 4. The largest absolute Gasteiger partial charge is 0.369 e. The Kier molecular flexibility index (Phi) is 6.14. The average Bonchev–Trinajstić information content (AvgIpc) is 3.21. The minimum Gasteiger partial charge on any atom is -0.369 e. The quantitative estimate of drug-likeness (QED) is 0.550. The zero-order valence-corrected chi connectivity index (χ0v) is 19.1. The first-order chi connectivity index (χ1) is 14.8. The number of thiocarbonyl (C=S) groups is 1. The first-order valence-corrected chi connectivity index (χ1v) is 12.4. The van der Waals surface area contributed by atoms with Gasteiger partial charge in [-0.1, -0.05) is 0 Å². The molecule has 0 radical (unpaired) electrons. The van der Waals surface area contributed by atoms with Crippen molar-refractivity contribution in [2.24, 2.45) is 0 Å². The lowest BCUT2D eigenvalue weighted by Gasteiger charge is -2.34. The number of hydrogen-bond acceptors (Lipinski definition) is 8. The maximum Gasteiger partial charge on any atom is 0.257 e. The van der Waals surface area contributed by atoms with Crippen molar-refractivity contribution in [3.05, 3.63) is 48.0 Å². The number of carbonyl (C=O) groups is 1. The van der Waals surface area contributed by atoms with E-state index in [0.29, 0.717) is 37.3 Å². The van der Waals surface area contributed by atoms with E-state index < -0.39 is 10.0 Å². The van der Waals surface area contributed by atoms with Crippen LogP contribution in [0.4, 0.5) is 11.4 Å². The predicted octanol–water partition coefficient (Wildman–Crippen LogP) is 1.90. The molecule has 0 spiro atoms. The summed E-state index contributed by atoms with van der Waals surface area (Å²) >= 11 is 6.35. The molecule has 31 heavy (non-hydrogen) atoms. The summed E-state index contributed by atoms with van der Waals surface area (Å²) in [6.45, 7) is 2.20. The number of fused-ring (bicyclic) bond motifs is 1. The fourth-order valence-corrected chi connectivity index (χ4v) is 4.85. The molecule has 1 fully saturated rings. The number of amides is 1. The van der Waals surface area contributed by atoms with Crippen LogP contribution in [0.15, 0.2) is 42.5 Å². The number of piperazine rings is 1. The molecular formula is C19H20N6O3S3. The highest BCUT2D eigenvalue weighted by atomic mass is 32.2. The van der Waals surface area contributed by atoms with Gasteiger partial charge in [0.05, 0.1) is 18.0 Å². The molecule has 4 rings (SSSR count). The van der Waals surface area contributed by atoms with E-state index in [1.165, 1.54) is 10.6 Å². The Hall–Kier alpha value is -2.67. The van der Waals surface area contributed by atoms with Crippen molar-refractivity contribution < 1.29 is 13.2 Å². The van der Waals surface area contributed by atoms with Crippen molar-refractivity contribution in [1.82, 2.24) is 18.4 Å². The second-order valence-corrected chi connectivity index (χ2v) is 9.99. The van der Waals surface area contributed by atoms with Crippen LogP contribution in [0.25, 0.3) is 11.0 Å². The first kappa shape index (κ1) is 21.6. The van der Waals surface area contributed by atoms with Crippen molar-refractivity contribution in [2.75, 3.05) is 42.7 Å². The van der Waals surface area contributed by atoms with Crippen molar-refractivity contribution >= 4 is 67.4 Å². The summed E-state index contributed by atoms with van der Waals surface area (Å²) in [5.74, 6) is -0.326. The summed E-state index contributed by atoms with van der Waals surface area (Å²) in [5.41, 5.74) is 3.61. The molecule has 0 unspecified atom stereocenters. The minimum atomic E-state index is -3.15. The van der Waals surface area contributed by atoms with Gasteiger partial charge in [-0.05, 0) is 54.7 Å². The van der Waals surface area contributed by atoms with Gasteiger partial charge in [0.25, 0.3) is 5.91 Å². The Balaban J connectivity index is 1.32. The lowest BCUT2D eigenvalue weighted by Crippen LogP contribution is -2.48. The van der Waals surface area contributed by atoms with E-state index in [1.54, 1.807) is 18.2 Å². The Morgan fingerprint density at radius 2 is 1.71 bits per heavy atom. The van der Waals surface area contributed by atoms with E-state index in [2.05, 4.69) is 24.3 Å². The highest BCUT2D eigenvalue weighted by molar-refractivity contribution is 7.88. The van der Waals surface area contributed by atoms with Crippen molar-refractivity contribution in [1.29, 1.82) is 0 Å². The molecule has 9 nitrogen and oxygen atoms in total. The second-order valence-electron chi connectivity index (χ2n) is 7.07. The summed E-state index contributed by atoms with van der Waals surface area (Å²) < 4.78 is 33.0. The van der Waals surface area contributed by atoms with Crippen molar-refractivity contribution in [3.8, 4) is 0 Å². The Labute approximate surface area is 189 Å². The fraction of sp³-hybridized carbons (Fsp3) is 0.263. The van der Waals surface area contributed by atoms with Gasteiger partial charge in [0.2, 0.25) is 10.0 Å². The summed E-state index contributed by atoms with van der Waals surface area (Å²) in [7, 11) is -3.15. The van der Waals surface area contributed by atoms with Gasteiger partial charge >= 0.3 is 0 Å². The number of rotatable bonds is 4. The third-order valence-corrected chi connectivity index (χ3v) is 7.00. The van der Waals surface area contributed by atoms with Gasteiger partial charge in [0.1, 0.15) is 11.0 Å². The van der Waals surface area contributed by atoms with Crippen LogP contribution in [0.3, 0.4) is 0 Å². The molecule has 1 aliphatic heterocycles. The van der Waals surface area contributed by atoms with Crippen LogP contribution in [-0.4, -0.2) is 64.9 Å². The molecular weight excluding hydrogens is 456 g/mol. The van der Waals surface area contributed by atoms with Crippen LogP contribution >= 0.6 is 23.9 Å². The summed E-state index contributed by atoms with van der Waals surface area (Å²) in [4.78, 5) is 14.6. The number of nitrogens with one attached hydrogen (secondary N) is 2. The molecule has 2 N–H and O–H groups in total. The Morgan fingerprint density at radius 1 is 1.03 bits per heavy atom. The number of hydrogen-bond donors (Lipinski definition) is 2. The molecule has 3 aromatic rings. The highest BCUT2D eigenvalue weighted by Crippen LogP contribution is 2.20. The number of anilines is 2. The van der Waals surface area contributed by atoms with Crippen LogP contribution in [0.5, 0.6) is 0 Å². The lowest BCUT2D eigenvalue weighted by atomic mass is 10.2. The van der Waals surface area contributed by atoms with Gasteiger partial charge in [-0.25, -0.2) is 8.42 Å². The number of aromatic nitrogens is 2. The molecule has 1 aliphatic rings.